The zero-order valence-corrected chi connectivity index (χ0v) is 15.8. The molecule has 0 aromatic carbocycles. The van der Waals surface area contributed by atoms with Crippen molar-refractivity contribution in [2.24, 2.45) is 0 Å². The Kier molecular flexibility index (Phi) is 12.0. The topological polar surface area (TPSA) is 83.5 Å². The van der Waals surface area contributed by atoms with Crippen LogP contribution in [-0.2, 0) is 28.5 Å². The van der Waals surface area contributed by atoms with Gasteiger partial charge in [0.25, 0.3) is 0 Å². The van der Waals surface area contributed by atoms with Gasteiger partial charge in [-0.3, -0.25) is 4.79 Å². The van der Waals surface area contributed by atoms with E-state index in [0.717, 1.165) is 0 Å². The van der Waals surface area contributed by atoms with E-state index in [0.29, 0.717) is 22.3 Å². The summed E-state index contributed by atoms with van der Waals surface area (Å²) in [6.07, 6.45) is -1.51. The molecule has 0 saturated heterocycles. The molecule has 0 amide bonds. The van der Waals surface area contributed by atoms with Gasteiger partial charge in [-0.2, -0.15) is 0 Å². The van der Waals surface area contributed by atoms with E-state index in [-0.39, 0.29) is 26.4 Å². The van der Waals surface area contributed by atoms with Crippen molar-refractivity contribution in [1.29, 1.82) is 0 Å². The first-order chi connectivity index (χ1) is 11.9. The van der Waals surface area contributed by atoms with Gasteiger partial charge in [0, 0.05) is 40.9 Å². The van der Waals surface area contributed by atoms with Crippen LogP contribution in [0.4, 0.5) is 0 Å². The number of aliphatic hydroxyl groups excluding tert-OH is 1. The van der Waals surface area contributed by atoms with E-state index in [1.54, 1.807) is 0 Å². The fourth-order valence-corrected chi connectivity index (χ4v) is 2.47. The van der Waals surface area contributed by atoms with Crippen LogP contribution in [0, 0.1) is 0 Å². The first-order valence-electron chi connectivity index (χ1n) is 7.72. The molecule has 2 atom stereocenters. The van der Waals surface area contributed by atoms with E-state index >= 15 is 0 Å². The monoisotopic (exact) mass is 358 g/mol. The molecule has 7 heteroatoms. The Labute approximate surface area is 149 Å². The van der Waals surface area contributed by atoms with Crippen molar-refractivity contribution in [2.75, 3.05) is 54.9 Å². The lowest BCUT2D eigenvalue weighted by atomic mass is 9.89. The van der Waals surface area contributed by atoms with Gasteiger partial charge in [-0.15, -0.1) is 0 Å². The molecule has 0 aromatic rings. The molecular weight excluding hydrogens is 328 g/mol. The molecule has 0 aliphatic rings. The zero-order chi connectivity index (χ0) is 19.4. The van der Waals surface area contributed by atoms with Crippen LogP contribution in [0.25, 0.3) is 0 Å². The van der Waals surface area contributed by atoms with Crippen LogP contribution in [0.3, 0.4) is 0 Å². The van der Waals surface area contributed by atoms with Gasteiger partial charge in [-0.25, -0.2) is 0 Å². The molecule has 25 heavy (non-hydrogen) atoms. The number of methoxy groups -OCH3 is 4. The molecule has 0 rings (SSSR count). The van der Waals surface area contributed by atoms with Crippen LogP contribution in [0.5, 0.6) is 0 Å². The van der Waals surface area contributed by atoms with Crippen molar-refractivity contribution >= 4 is 5.97 Å². The minimum absolute atomic E-state index is 0.129. The maximum absolute atomic E-state index is 11.6. The smallest absolute Gasteiger partial charge is 0.303 e. The summed E-state index contributed by atoms with van der Waals surface area (Å²) in [7, 11) is 6.05. The Hall–Kier alpha value is -1.51. The molecule has 0 fully saturated rings. The van der Waals surface area contributed by atoms with Crippen LogP contribution >= 0.6 is 0 Å². The molecule has 0 spiro atoms. The Balaban J connectivity index is 6.23. The standard InChI is InChI=1S/C18H30O7/c1-12(9-21-4)17(24-7)16(15(8-19)11-23-6)18(25-14(3)20)13(2)10-22-5/h17-19H,1-2,8-11H2,3-7H3. The Bertz CT molecular complexity index is 482. The van der Waals surface area contributed by atoms with E-state index in [9.17, 15) is 9.90 Å². The van der Waals surface area contributed by atoms with Crippen LogP contribution in [0.2, 0.25) is 0 Å². The molecule has 0 bridgehead atoms. The van der Waals surface area contributed by atoms with Crippen LogP contribution in [0.1, 0.15) is 6.92 Å². The third-order valence-electron chi connectivity index (χ3n) is 3.40. The van der Waals surface area contributed by atoms with Gasteiger partial charge >= 0.3 is 5.97 Å². The van der Waals surface area contributed by atoms with Gasteiger partial charge < -0.3 is 28.8 Å². The Morgan fingerprint density at radius 1 is 0.920 bits per heavy atom. The van der Waals surface area contributed by atoms with Crippen molar-refractivity contribution in [3.05, 3.63) is 35.5 Å². The highest BCUT2D eigenvalue weighted by Crippen LogP contribution is 2.28. The first-order valence-corrected chi connectivity index (χ1v) is 7.72. The maximum atomic E-state index is 11.6. The van der Waals surface area contributed by atoms with Gasteiger partial charge in [0.05, 0.1) is 26.4 Å². The van der Waals surface area contributed by atoms with Gasteiger partial charge in [0.1, 0.15) is 12.2 Å². The predicted octanol–water partition coefficient (Wildman–Crippen LogP) is 1.27. The second-order valence-corrected chi connectivity index (χ2v) is 5.44. The molecule has 1 N–H and O–H groups in total. The minimum Gasteiger partial charge on any atom is -0.453 e. The van der Waals surface area contributed by atoms with E-state index in [1.165, 1.54) is 35.4 Å². The second kappa shape index (κ2) is 12.8. The van der Waals surface area contributed by atoms with Crippen LogP contribution in [-0.4, -0.2) is 78.2 Å². The number of hydrogen-bond acceptors (Lipinski definition) is 7. The largest absolute Gasteiger partial charge is 0.453 e. The van der Waals surface area contributed by atoms with Crippen LogP contribution in [0.15, 0.2) is 35.5 Å². The van der Waals surface area contributed by atoms with Gasteiger partial charge in [-0.1, -0.05) is 13.2 Å². The van der Waals surface area contributed by atoms with E-state index in [2.05, 4.69) is 13.2 Å². The lowest BCUT2D eigenvalue weighted by Crippen LogP contribution is -2.34. The molecule has 0 saturated carbocycles. The summed E-state index contributed by atoms with van der Waals surface area (Å²) in [6, 6.07) is 0. The number of esters is 1. The SMILES string of the molecule is C=C(COC)C(OC)C(=C(CO)COC)C(OC(C)=O)C(=C)COC. The number of aliphatic hydroxyl groups is 1. The van der Waals surface area contributed by atoms with Gasteiger partial charge in [0.2, 0.25) is 0 Å². The highest BCUT2D eigenvalue weighted by Gasteiger charge is 2.32. The minimum atomic E-state index is -0.853. The molecule has 144 valence electrons. The van der Waals surface area contributed by atoms with Crippen molar-refractivity contribution < 1.29 is 33.6 Å². The van der Waals surface area contributed by atoms with Gasteiger partial charge in [-0.05, 0) is 16.7 Å². The Morgan fingerprint density at radius 3 is 1.76 bits per heavy atom. The van der Waals surface area contributed by atoms with E-state index in [4.69, 9.17) is 23.7 Å². The summed E-state index contributed by atoms with van der Waals surface area (Å²) < 4.78 is 26.4. The summed E-state index contributed by atoms with van der Waals surface area (Å²) in [5.41, 5.74) is 2.12. The maximum Gasteiger partial charge on any atom is 0.303 e. The summed E-state index contributed by atoms with van der Waals surface area (Å²) in [5.74, 6) is -0.498. The lowest BCUT2D eigenvalue weighted by Gasteiger charge is -2.31. The van der Waals surface area contributed by atoms with Gasteiger partial charge in [0.15, 0.2) is 0 Å². The van der Waals surface area contributed by atoms with Crippen LogP contribution < -0.4 is 0 Å². The lowest BCUT2D eigenvalue weighted by molar-refractivity contribution is -0.143. The number of ether oxygens (including phenoxy) is 5. The first kappa shape index (κ1) is 23.5. The third kappa shape index (κ3) is 7.50. The zero-order valence-electron chi connectivity index (χ0n) is 15.8. The fraction of sp³-hybridized carbons (Fsp3) is 0.611. The number of rotatable bonds is 13. The second-order valence-electron chi connectivity index (χ2n) is 5.44. The Morgan fingerprint density at radius 2 is 1.40 bits per heavy atom. The number of hydrogen-bond donors (Lipinski definition) is 1. The summed E-state index contributed by atoms with van der Waals surface area (Å²) in [4.78, 5) is 11.6. The molecule has 0 aliphatic carbocycles. The van der Waals surface area contributed by atoms with Crippen molar-refractivity contribution in [3.8, 4) is 0 Å². The predicted molar refractivity (Wildman–Crippen MR) is 94.4 cm³/mol. The van der Waals surface area contributed by atoms with E-state index < -0.39 is 18.2 Å². The molecular formula is C18H30O7. The normalized spacial score (nSPS) is 14.5. The van der Waals surface area contributed by atoms with Crippen molar-refractivity contribution in [2.45, 2.75) is 19.1 Å². The highest BCUT2D eigenvalue weighted by atomic mass is 16.5. The number of carbonyl (C=O) groups excluding carboxylic acids is 1. The molecule has 0 aliphatic heterocycles. The fourth-order valence-electron chi connectivity index (χ4n) is 2.47. The van der Waals surface area contributed by atoms with Crippen molar-refractivity contribution in [1.82, 2.24) is 0 Å². The molecule has 2 unspecified atom stereocenters. The number of carbonyl (C=O) groups is 1. The molecule has 0 aromatic heterocycles. The quantitative estimate of drug-likeness (QED) is 0.392. The van der Waals surface area contributed by atoms with Crippen molar-refractivity contribution in [3.63, 3.8) is 0 Å². The molecule has 0 heterocycles. The average Bonchev–Trinajstić information content (AvgIpc) is 2.56. The summed E-state index contributed by atoms with van der Waals surface area (Å²) in [5, 5.41) is 9.82. The van der Waals surface area contributed by atoms with E-state index in [1.807, 2.05) is 0 Å². The summed E-state index contributed by atoms with van der Waals surface area (Å²) in [6.45, 7) is 9.44. The third-order valence-corrected chi connectivity index (χ3v) is 3.40. The average molecular weight is 358 g/mol. The summed E-state index contributed by atoms with van der Waals surface area (Å²) >= 11 is 0. The molecule has 0 radical (unpaired) electrons. The highest BCUT2D eigenvalue weighted by molar-refractivity contribution is 5.67. The molecule has 7 nitrogen and oxygen atoms in total.